The second-order valence-corrected chi connectivity index (χ2v) is 8.37. The molecule has 0 saturated heterocycles. The minimum absolute atomic E-state index is 0.226. The summed E-state index contributed by atoms with van der Waals surface area (Å²) in [6, 6.07) is 25.9. The lowest BCUT2D eigenvalue weighted by atomic mass is 10.3. The molecule has 3 aromatic carbocycles. The lowest BCUT2D eigenvalue weighted by Gasteiger charge is -2.28. The van der Waals surface area contributed by atoms with Crippen LogP contribution in [0.4, 0.5) is 18.9 Å². The van der Waals surface area contributed by atoms with Gasteiger partial charge in [0.2, 0.25) is 0 Å². The van der Waals surface area contributed by atoms with Crippen LogP contribution >= 0.6 is 7.92 Å². The maximum Gasteiger partial charge on any atom is 0.469 e. The van der Waals surface area contributed by atoms with Gasteiger partial charge in [0.15, 0.2) is 0 Å². The quantitative estimate of drug-likeness (QED) is 0.487. The Balaban J connectivity index is 2.16. The van der Waals surface area contributed by atoms with Gasteiger partial charge in [-0.1, -0.05) is 78.9 Å². The lowest BCUT2D eigenvalue weighted by Crippen LogP contribution is -2.41. The zero-order valence-corrected chi connectivity index (χ0v) is 16.1. The number of carbonyl (C=O) groups is 1. The Hall–Kier alpha value is -2.12. The Kier molecular flexibility index (Phi) is 6.02. The first kappa shape index (κ1) is 19.6. The summed E-state index contributed by atoms with van der Waals surface area (Å²) in [6.07, 6.45) is -4.95. The molecular weight excluding hydrogens is 385 g/mol. The van der Waals surface area contributed by atoms with Gasteiger partial charge in [-0.3, -0.25) is 4.79 Å². The minimum atomic E-state index is -4.95. The van der Waals surface area contributed by atoms with Crippen LogP contribution in [0.25, 0.3) is 0 Å². The molecule has 0 fully saturated rings. The summed E-state index contributed by atoms with van der Waals surface area (Å²) in [5, 5.41) is 2.66. The van der Waals surface area contributed by atoms with Crippen molar-refractivity contribution in [2.24, 2.45) is 0 Å². The highest BCUT2D eigenvalue weighted by Crippen LogP contribution is 2.37. The third-order valence-electron chi connectivity index (χ3n) is 3.87. The molecule has 0 spiro atoms. The molecule has 0 atom stereocenters. The smallest absolute Gasteiger partial charge is 0.417 e. The van der Waals surface area contributed by atoms with Gasteiger partial charge >= 0.3 is 28.6 Å². The number of hydrogen-bond acceptors (Lipinski definition) is 1. The van der Waals surface area contributed by atoms with Crippen LogP contribution in [0.2, 0.25) is 0 Å². The number of benzene rings is 3. The second kappa shape index (κ2) is 8.27. The van der Waals surface area contributed by atoms with Crippen molar-refractivity contribution < 1.29 is 18.0 Å². The number of alkyl halides is 3. The van der Waals surface area contributed by atoms with E-state index in [1.54, 1.807) is 18.2 Å². The molecule has 7 heteroatoms. The van der Waals surface area contributed by atoms with Gasteiger partial charge in [-0.25, -0.2) is 0 Å². The molecule has 0 aliphatic heterocycles. The number of rotatable bonds is 4. The SMILES string of the molecule is O=C([N]([Al])c1ccccc1P(c1ccccc1)c1ccccc1)C(F)(F)F. The molecule has 0 aliphatic carbocycles. The van der Waals surface area contributed by atoms with Crippen LogP contribution in [0.5, 0.6) is 0 Å². The van der Waals surface area contributed by atoms with E-state index in [0.29, 0.717) is 9.19 Å². The Morgan fingerprint density at radius 1 is 0.778 bits per heavy atom. The molecule has 1 amide bonds. The third-order valence-corrected chi connectivity index (χ3v) is 6.87. The van der Waals surface area contributed by atoms with Gasteiger partial charge in [-0.2, -0.15) is 13.2 Å². The van der Waals surface area contributed by atoms with Crippen molar-refractivity contribution in [2.45, 2.75) is 6.18 Å². The maximum atomic E-state index is 13.0. The fourth-order valence-electron chi connectivity index (χ4n) is 2.68. The first-order valence-electron chi connectivity index (χ1n) is 8.05. The van der Waals surface area contributed by atoms with Crippen LogP contribution < -0.4 is 19.8 Å². The summed E-state index contributed by atoms with van der Waals surface area (Å²) >= 11 is 1.90. The predicted octanol–water partition coefficient (Wildman–Crippen LogP) is 3.42. The molecule has 0 saturated carbocycles. The van der Waals surface area contributed by atoms with E-state index in [4.69, 9.17) is 0 Å². The molecule has 0 heterocycles. The summed E-state index contributed by atoms with van der Waals surface area (Å²) in [6.45, 7) is 0. The van der Waals surface area contributed by atoms with E-state index < -0.39 is 20.0 Å². The van der Waals surface area contributed by atoms with E-state index >= 15 is 0 Å². The summed E-state index contributed by atoms with van der Waals surface area (Å²) < 4.78 is 39.5. The van der Waals surface area contributed by atoms with Crippen molar-refractivity contribution in [2.75, 3.05) is 3.88 Å². The molecular formula is C20H14AlF3NOP. The van der Waals surface area contributed by atoms with Crippen LogP contribution in [0.3, 0.4) is 0 Å². The van der Waals surface area contributed by atoms with Gasteiger partial charge in [0, 0.05) is 11.0 Å². The van der Waals surface area contributed by atoms with Crippen molar-refractivity contribution >= 4 is 51.9 Å². The topological polar surface area (TPSA) is 20.3 Å². The van der Waals surface area contributed by atoms with E-state index in [1.165, 1.54) is 6.07 Å². The van der Waals surface area contributed by atoms with Gasteiger partial charge < -0.3 is 3.88 Å². The molecule has 0 unspecified atom stereocenters. The van der Waals surface area contributed by atoms with E-state index in [2.05, 4.69) is 0 Å². The Morgan fingerprint density at radius 3 is 1.70 bits per heavy atom. The van der Waals surface area contributed by atoms with Gasteiger partial charge in [0.25, 0.3) is 0 Å². The molecule has 3 rings (SSSR count). The molecule has 2 nitrogen and oxygen atoms in total. The number of amides is 1. The first-order valence-corrected chi connectivity index (χ1v) is 9.90. The van der Waals surface area contributed by atoms with Gasteiger partial charge in [0.1, 0.15) is 0 Å². The van der Waals surface area contributed by atoms with Crippen molar-refractivity contribution in [3.63, 3.8) is 0 Å². The van der Waals surface area contributed by atoms with E-state index in [0.717, 1.165) is 10.6 Å². The number of nitrogens with zero attached hydrogens (tertiary/aromatic N) is 1. The standard InChI is InChI=1S/C20H15F3NOP.Al/c21-20(22,23)19(25)24-17-13-7-8-14-18(17)26(15-9-3-1-4-10-15)16-11-5-2-6-12-16;/h1-14H,(H,24,25);/q;+1/p-1. The van der Waals surface area contributed by atoms with Gasteiger partial charge in [-0.15, -0.1) is 0 Å². The van der Waals surface area contributed by atoms with Crippen LogP contribution in [0, 0.1) is 0 Å². The van der Waals surface area contributed by atoms with Crippen LogP contribution in [-0.2, 0) is 4.79 Å². The molecule has 27 heavy (non-hydrogen) atoms. The number of hydrogen-bond donors (Lipinski definition) is 0. The maximum absolute atomic E-state index is 13.0. The van der Waals surface area contributed by atoms with Crippen molar-refractivity contribution in [3.05, 3.63) is 84.9 Å². The Labute approximate surface area is 165 Å². The number of anilines is 1. The van der Waals surface area contributed by atoms with E-state index in [-0.39, 0.29) is 5.69 Å². The summed E-state index contributed by atoms with van der Waals surface area (Å²) in [5.41, 5.74) is 0.226. The third kappa shape index (κ3) is 4.42. The van der Waals surface area contributed by atoms with Gasteiger partial charge in [0.05, 0.1) is 0 Å². The number of halogens is 3. The van der Waals surface area contributed by atoms with E-state index in [1.807, 2.05) is 77.2 Å². The monoisotopic (exact) mass is 399 g/mol. The predicted molar refractivity (Wildman–Crippen MR) is 104 cm³/mol. The van der Waals surface area contributed by atoms with Gasteiger partial charge in [-0.05, 0) is 24.6 Å². The zero-order valence-electron chi connectivity index (χ0n) is 14.1. The molecule has 134 valence electrons. The summed E-state index contributed by atoms with van der Waals surface area (Å²) in [4.78, 5) is 11.8. The Bertz CT molecular complexity index is 880. The molecule has 0 bridgehead atoms. The fourth-order valence-corrected chi connectivity index (χ4v) is 5.61. The summed E-state index contributed by atoms with van der Waals surface area (Å²) in [5.74, 6) is -1.92. The highest BCUT2D eigenvalue weighted by molar-refractivity contribution is 7.80. The van der Waals surface area contributed by atoms with Crippen molar-refractivity contribution in [1.29, 1.82) is 0 Å². The molecule has 0 aromatic heterocycles. The number of carbonyl (C=O) groups excluding carboxylic acids is 1. The summed E-state index contributed by atoms with van der Waals surface area (Å²) in [7, 11) is -1.13. The Morgan fingerprint density at radius 2 is 1.22 bits per heavy atom. The lowest BCUT2D eigenvalue weighted by molar-refractivity contribution is -0.169. The highest BCUT2D eigenvalue weighted by atomic mass is 31.1. The van der Waals surface area contributed by atoms with Crippen LogP contribution in [0.15, 0.2) is 84.9 Å². The molecule has 2 radical (unpaired) electrons. The largest absolute Gasteiger partial charge is 0.469 e. The van der Waals surface area contributed by atoms with Crippen molar-refractivity contribution in [1.82, 2.24) is 0 Å². The normalized spacial score (nSPS) is 11.4. The average molecular weight is 399 g/mol. The zero-order chi connectivity index (χ0) is 19.4. The minimum Gasteiger partial charge on any atom is -0.417 e. The number of para-hydroxylation sites is 1. The van der Waals surface area contributed by atoms with Crippen LogP contribution in [-0.4, -0.2) is 28.6 Å². The highest BCUT2D eigenvalue weighted by Gasteiger charge is 2.41. The first-order chi connectivity index (χ1) is 12.9. The second-order valence-electron chi connectivity index (χ2n) is 5.67. The molecule has 0 aliphatic rings. The molecule has 0 N–H and O–H groups in total. The van der Waals surface area contributed by atoms with E-state index in [9.17, 15) is 18.0 Å². The van der Waals surface area contributed by atoms with Crippen LogP contribution in [0.1, 0.15) is 0 Å². The average Bonchev–Trinajstić information content (AvgIpc) is 2.68. The fraction of sp³-hybridized carbons (Fsp3) is 0.0500. The van der Waals surface area contributed by atoms with Crippen molar-refractivity contribution in [3.8, 4) is 0 Å². The molecule has 3 aromatic rings.